The number of benzene rings is 3. The number of aromatic amines is 1. The lowest BCUT2D eigenvalue weighted by atomic mass is 10.1. The predicted octanol–water partition coefficient (Wildman–Crippen LogP) is 4.25. The van der Waals surface area contributed by atoms with E-state index in [1.807, 2.05) is 0 Å². The second kappa shape index (κ2) is 9.98. The van der Waals surface area contributed by atoms with Crippen LogP contribution in [-0.4, -0.2) is 58.0 Å². The molecule has 2 amide bonds. The van der Waals surface area contributed by atoms with Crippen LogP contribution >= 0.6 is 11.6 Å². The van der Waals surface area contributed by atoms with Crippen molar-refractivity contribution < 1.29 is 23.1 Å². The molecule has 0 saturated carbocycles. The standard InChI is InChI=1S/C26H19ClF2N4O4/c27-20-3-1-2-18-22(20)24(31-30-23(18)34)37-17-8-9-21(29)19(14-17)26(36)33-12-10-32(11-13-33)25(35)15-4-6-16(28)7-5-15/h1-9,14H,10-13H2,(H,30,34). The zero-order valence-electron chi connectivity index (χ0n) is 19.2. The molecule has 8 nitrogen and oxygen atoms in total. The molecule has 0 aliphatic carbocycles. The SMILES string of the molecule is O=C(c1ccc(F)cc1)N1CCN(C(=O)c2cc(Oc3n[nH]c(=O)c4cccc(Cl)c34)ccc2F)CC1. The summed E-state index contributed by atoms with van der Waals surface area (Å²) in [5.74, 6) is -1.89. The van der Waals surface area contributed by atoms with Crippen molar-refractivity contribution in [1.29, 1.82) is 0 Å². The first kappa shape index (κ1) is 24.4. The molecular formula is C26H19ClF2N4O4. The van der Waals surface area contributed by atoms with Crippen LogP contribution < -0.4 is 10.3 Å². The Morgan fingerprint density at radius 1 is 0.919 bits per heavy atom. The van der Waals surface area contributed by atoms with Gasteiger partial charge in [0.15, 0.2) is 0 Å². The van der Waals surface area contributed by atoms with Gasteiger partial charge >= 0.3 is 0 Å². The lowest BCUT2D eigenvalue weighted by Crippen LogP contribution is -2.50. The monoisotopic (exact) mass is 524 g/mol. The molecule has 1 fully saturated rings. The molecule has 2 heterocycles. The van der Waals surface area contributed by atoms with Crippen molar-refractivity contribution >= 4 is 34.2 Å². The highest BCUT2D eigenvalue weighted by atomic mass is 35.5. The van der Waals surface area contributed by atoms with Gasteiger partial charge in [-0.15, -0.1) is 5.10 Å². The van der Waals surface area contributed by atoms with Gasteiger partial charge in [0, 0.05) is 31.7 Å². The smallest absolute Gasteiger partial charge is 0.272 e. The third-order valence-corrected chi connectivity index (χ3v) is 6.37. The number of rotatable bonds is 4. The zero-order chi connectivity index (χ0) is 26.1. The average Bonchev–Trinajstić information content (AvgIpc) is 2.91. The van der Waals surface area contributed by atoms with E-state index >= 15 is 0 Å². The molecule has 0 bridgehead atoms. The molecule has 0 atom stereocenters. The van der Waals surface area contributed by atoms with Crippen LogP contribution in [0.1, 0.15) is 20.7 Å². The summed E-state index contributed by atoms with van der Waals surface area (Å²) in [6.07, 6.45) is 0. The topological polar surface area (TPSA) is 95.6 Å². The molecule has 37 heavy (non-hydrogen) atoms. The van der Waals surface area contributed by atoms with Crippen molar-refractivity contribution in [2.75, 3.05) is 26.2 Å². The zero-order valence-corrected chi connectivity index (χ0v) is 20.0. The number of nitrogens with one attached hydrogen (secondary N) is 1. The second-order valence-electron chi connectivity index (χ2n) is 8.36. The van der Waals surface area contributed by atoms with E-state index in [0.717, 1.165) is 6.07 Å². The van der Waals surface area contributed by atoms with Crippen LogP contribution in [-0.2, 0) is 0 Å². The van der Waals surface area contributed by atoms with Crippen molar-refractivity contribution in [3.63, 3.8) is 0 Å². The Morgan fingerprint density at radius 2 is 1.59 bits per heavy atom. The first-order valence-corrected chi connectivity index (χ1v) is 11.7. The molecule has 1 saturated heterocycles. The molecule has 1 aliphatic rings. The van der Waals surface area contributed by atoms with E-state index in [9.17, 15) is 23.2 Å². The number of fused-ring (bicyclic) bond motifs is 1. The maximum atomic E-state index is 14.7. The summed E-state index contributed by atoms with van der Waals surface area (Å²) in [7, 11) is 0. The molecule has 188 valence electrons. The highest BCUT2D eigenvalue weighted by Crippen LogP contribution is 2.32. The van der Waals surface area contributed by atoms with E-state index in [1.54, 1.807) is 23.1 Å². The Morgan fingerprint density at radius 3 is 2.30 bits per heavy atom. The molecule has 0 unspecified atom stereocenters. The molecule has 1 aromatic heterocycles. The normalized spacial score (nSPS) is 13.6. The number of aromatic nitrogens is 2. The van der Waals surface area contributed by atoms with E-state index in [2.05, 4.69) is 10.2 Å². The number of hydrogen-bond acceptors (Lipinski definition) is 5. The third kappa shape index (κ3) is 4.88. The van der Waals surface area contributed by atoms with Gasteiger partial charge in [0.25, 0.3) is 17.4 Å². The van der Waals surface area contributed by atoms with Gasteiger partial charge in [-0.2, -0.15) is 0 Å². The van der Waals surface area contributed by atoms with Gasteiger partial charge in [-0.05, 0) is 54.6 Å². The maximum absolute atomic E-state index is 14.7. The molecular weight excluding hydrogens is 506 g/mol. The van der Waals surface area contributed by atoms with Crippen LogP contribution in [0.5, 0.6) is 11.6 Å². The number of halogens is 3. The molecule has 11 heteroatoms. The summed E-state index contributed by atoms with van der Waals surface area (Å²) >= 11 is 6.25. The van der Waals surface area contributed by atoms with Crippen LogP contribution in [0.25, 0.3) is 10.8 Å². The maximum Gasteiger partial charge on any atom is 0.272 e. The summed E-state index contributed by atoms with van der Waals surface area (Å²) in [6, 6.07) is 13.7. The molecule has 1 N–H and O–H groups in total. The van der Waals surface area contributed by atoms with Gasteiger partial charge in [0.05, 0.1) is 21.4 Å². The van der Waals surface area contributed by atoms with Crippen molar-refractivity contribution in [1.82, 2.24) is 20.0 Å². The van der Waals surface area contributed by atoms with Crippen LogP contribution in [0.3, 0.4) is 0 Å². The van der Waals surface area contributed by atoms with Gasteiger partial charge in [-0.1, -0.05) is 17.7 Å². The summed E-state index contributed by atoms with van der Waals surface area (Å²) in [5, 5.41) is 7.04. The lowest BCUT2D eigenvalue weighted by Gasteiger charge is -2.35. The minimum Gasteiger partial charge on any atom is -0.437 e. The molecule has 1 aliphatic heterocycles. The summed E-state index contributed by atoms with van der Waals surface area (Å²) in [4.78, 5) is 40.9. The number of piperazine rings is 1. The number of carbonyl (C=O) groups excluding carboxylic acids is 2. The first-order valence-electron chi connectivity index (χ1n) is 11.3. The average molecular weight is 525 g/mol. The predicted molar refractivity (Wildman–Crippen MR) is 132 cm³/mol. The fourth-order valence-electron chi connectivity index (χ4n) is 4.12. The fourth-order valence-corrected chi connectivity index (χ4v) is 4.38. The Labute approximate surface area is 214 Å². The van der Waals surface area contributed by atoms with E-state index in [-0.39, 0.29) is 65.1 Å². The van der Waals surface area contributed by atoms with Crippen molar-refractivity contribution in [3.8, 4) is 11.6 Å². The molecule has 4 aromatic rings. The highest BCUT2D eigenvalue weighted by Gasteiger charge is 2.27. The van der Waals surface area contributed by atoms with Gasteiger partial charge in [-0.25, -0.2) is 13.9 Å². The molecule has 0 spiro atoms. The van der Waals surface area contributed by atoms with Crippen LogP contribution in [0.4, 0.5) is 8.78 Å². The van der Waals surface area contributed by atoms with Crippen molar-refractivity contribution in [3.05, 3.63) is 98.8 Å². The van der Waals surface area contributed by atoms with E-state index in [0.29, 0.717) is 5.56 Å². The number of carbonyl (C=O) groups is 2. The van der Waals surface area contributed by atoms with Crippen LogP contribution in [0.2, 0.25) is 5.02 Å². The van der Waals surface area contributed by atoms with E-state index in [1.165, 1.54) is 41.3 Å². The lowest BCUT2D eigenvalue weighted by molar-refractivity contribution is 0.0532. The van der Waals surface area contributed by atoms with Crippen molar-refractivity contribution in [2.45, 2.75) is 0 Å². The Kier molecular flexibility index (Phi) is 6.58. The number of H-pyrrole nitrogens is 1. The number of ether oxygens (including phenoxy) is 1. The third-order valence-electron chi connectivity index (χ3n) is 6.06. The highest BCUT2D eigenvalue weighted by molar-refractivity contribution is 6.36. The quantitative estimate of drug-likeness (QED) is 0.431. The first-order chi connectivity index (χ1) is 17.8. The van der Waals surface area contributed by atoms with Gasteiger partial charge in [0.2, 0.25) is 5.88 Å². The number of amides is 2. The second-order valence-corrected chi connectivity index (χ2v) is 8.76. The number of nitrogens with zero attached hydrogens (tertiary/aromatic N) is 3. The van der Waals surface area contributed by atoms with Crippen LogP contribution in [0.15, 0.2) is 65.5 Å². The summed E-state index contributed by atoms with van der Waals surface area (Å²) < 4.78 is 33.6. The Bertz CT molecular complexity index is 1570. The van der Waals surface area contributed by atoms with Gasteiger partial charge < -0.3 is 14.5 Å². The minimum atomic E-state index is -0.737. The number of hydrogen-bond donors (Lipinski definition) is 1. The fraction of sp³-hybridized carbons (Fsp3) is 0.154. The molecule has 5 rings (SSSR count). The van der Waals surface area contributed by atoms with Crippen molar-refractivity contribution in [2.24, 2.45) is 0 Å². The summed E-state index contributed by atoms with van der Waals surface area (Å²) in [5.41, 5.74) is -0.312. The van der Waals surface area contributed by atoms with Gasteiger partial charge in [-0.3, -0.25) is 14.4 Å². The Balaban J connectivity index is 1.32. The summed E-state index contributed by atoms with van der Waals surface area (Å²) in [6.45, 7) is 0.868. The van der Waals surface area contributed by atoms with Crippen LogP contribution in [0, 0.1) is 11.6 Å². The van der Waals surface area contributed by atoms with E-state index < -0.39 is 23.1 Å². The van der Waals surface area contributed by atoms with Gasteiger partial charge in [0.1, 0.15) is 17.4 Å². The molecule has 3 aromatic carbocycles. The Hall–Kier alpha value is -4.31. The minimum absolute atomic E-state index is 0.00173. The molecule has 0 radical (unpaired) electrons. The van der Waals surface area contributed by atoms with E-state index in [4.69, 9.17) is 16.3 Å². The largest absolute Gasteiger partial charge is 0.437 e.